The zero-order chi connectivity index (χ0) is 13.8. The van der Waals surface area contributed by atoms with Crippen LogP contribution in [0, 0.1) is 5.41 Å². The Hall–Kier alpha value is -1.43. The molecule has 1 rings (SSSR count). The summed E-state index contributed by atoms with van der Waals surface area (Å²) in [4.78, 5) is 16.4. The minimum absolute atomic E-state index is 0.00748. The first-order valence-electron chi connectivity index (χ1n) is 5.96. The fourth-order valence-corrected chi connectivity index (χ4v) is 1.82. The molecule has 2 atom stereocenters. The molecule has 6 heteroatoms. The molecule has 0 aliphatic carbocycles. The molecule has 0 aliphatic rings. The number of nitrogens with zero attached hydrogens (tertiary/aromatic N) is 2. The monoisotopic (exact) mass is 268 g/mol. The molecule has 0 saturated carbocycles. The number of aromatic nitrogens is 2. The molecule has 0 radical (unpaired) electrons. The van der Waals surface area contributed by atoms with Crippen molar-refractivity contribution in [3.05, 3.63) is 18.7 Å². The van der Waals surface area contributed by atoms with Gasteiger partial charge in [-0.1, -0.05) is 19.1 Å². The lowest BCUT2D eigenvalue weighted by Gasteiger charge is -2.27. The summed E-state index contributed by atoms with van der Waals surface area (Å²) in [5, 5.41) is 2.94. The lowest BCUT2D eigenvalue weighted by molar-refractivity contribution is -0.127. The van der Waals surface area contributed by atoms with Crippen LogP contribution in [-0.4, -0.2) is 26.5 Å². The van der Waals surface area contributed by atoms with Gasteiger partial charge in [-0.05, 0) is 20.3 Å². The van der Waals surface area contributed by atoms with Crippen molar-refractivity contribution in [2.45, 2.75) is 39.8 Å². The van der Waals surface area contributed by atoms with Crippen LogP contribution in [0.25, 0.3) is 0 Å². The van der Waals surface area contributed by atoms with E-state index in [1.807, 2.05) is 24.6 Å². The van der Waals surface area contributed by atoms with Crippen molar-refractivity contribution in [2.75, 3.05) is 0 Å². The summed E-state index contributed by atoms with van der Waals surface area (Å²) < 4.78 is 1.91. The summed E-state index contributed by atoms with van der Waals surface area (Å²) in [6, 6.07) is -0.00748. The number of rotatable bonds is 6. The molecule has 1 amide bonds. The van der Waals surface area contributed by atoms with E-state index in [4.69, 9.17) is 18.0 Å². The molecule has 2 unspecified atom stereocenters. The molecule has 3 N–H and O–H groups in total. The van der Waals surface area contributed by atoms with Gasteiger partial charge < -0.3 is 15.6 Å². The third-order valence-corrected chi connectivity index (χ3v) is 3.62. The van der Waals surface area contributed by atoms with Crippen LogP contribution in [0.15, 0.2) is 18.7 Å². The zero-order valence-corrected chi connectivity index (χ0v) is 11.8. The topological polar surface area (TPSA) is 72.9 Å². The highest BCUT2D eigenvalue weighted by Crippen LogP contribution is 2.21. The number of amides is 1. The largest absolute Gasteiger partial charge is 0.392 e. The number of nitrogens with one attached hydrogen (secondary N) is 1. The lowest BCUT2D eigenvalue weighted by Crippen LogP contribution is -2.49. The fraction of sp³-hybridized carbons (Fsp3) is 0.583. The second-order valence-electron chi connectivity index (χ2n) is 4.68. The maximum absolute atomic E-state index is 12.2. The molecular weight excluding hydrogens is 248 g/mol. The summed E-state index contributed by atoms with van der Waals surface area (Å²) >= 11 is 4.98. The number of carbonyl (C=O) groups is 1. The van der Waals surface area contributed by atoms with E-state index < -0.39 is 5.41 Å². The van der Waals surface area contributed by atoms with Gasteiger partial charge in [0.1, 0.15) is 0 Å². The smallest absolute Gasteiger partial charge is 0.233 e. The van der Waals surface area contributed by atoms with Crippen LogP contribution in [0.2, 0.25) is 0 Å². The highest BCUT2D eigenvalue weighted by atomic mass is 32.1. The Balaban J connectivity index is 2.61. The maximum Gasteiger partial charge on any atom is 0.233 e. The Morgan fingerprint density at radius 2 is 2.33 bits per heavy atom. The van der Waals surface area contributed by atoms with Gasteiger partial charge in [0, 0.05) is 25.0 Å². The molecule has 0 bridgehead atoms. The molecule has 0 aliphatic heterocycles. The number of carbonyl (C=O) groups excluding carboxylic acids is 1. The van der Waals surface area contributed by atoms with Gasteiger partial charge in [-0.15, -0.1) is 0 Å². The van der Waals surface area contributed by atoms with Crippen molar-refractivity contribution in [1.82, 2.24) is 14.9 Å². The number of thiocarbonyl (C=S) groups is 1. The van der Waals surface area contributed by atoms with Crippen LogP contribution in [0.5, 0.6) is 0 Å². The van der Waals surface area contributed by atoms with Crippen LogP contribution >= 0.6 is 12.2 Å². The van der Waals surface area contributed by atoms with Crippen LogP contribution in [0.4, 0.5) is 0 Å². The van der Waals surface area contributed by atoms with Gasteiger partial charge in [-0.3, -0.25) is 4.79 Å². The molecule has 100 valence electrons. The van der Waals surface area contributed by atoms with Gasteiger partial charge in [-0.2, -0.15) is 0 Å². The van der Waals surface area contributed by atoms with E-state index in [0.717, 1.165) is 0 Å². The van der Waals surface area contributed by atoms with Crippen LogP contribution < -0.4 is 11.1 Å². The van der Waals surface area contributed by atoms with Crippen molar-refractivity contribution in [2.24, 2.45) is 11.1 Å². The Morgan fingerprint density at radius 3 is 2.78 bits per heavy atom. The summed E-state index contributed by atoms with van der Waals surface area (Å²) in [5.74, 6) is -0.120. The predicted octanol–water partition coefficient (Wildman–Crippen LogP) is 1.09. The van der Waals surface area contributed by atoms with E-state index in [2.05, 4.69) is 10.3 Å². The third-order valence-electron chi connectivity index (χ3n) is 3.17. The highest BCUT2D eigenvalue weighted by molar-refractivity contribution is 7.80. The summed E-state index contributed by atoms with van der Waals surface area (Å²) in [6.45, 7) is 6.28. The first-order valence-corrected chi connectivity index (χ1v) is 6.37. The van der Waals surface area contributed by atoms with Crippen LogP contribution in [-0.2, 0) is 11.3 Å². The SMILES string of the molecule is CCC(C)(C(=O)NC(C)Cn1ccnc1)C(N)=S. The molecule has 0 fully saturated rings. The van der Waals surface area contributed by atoms with E-state index in [-0.39, 0.29) is 16.9 Å². The highest BCUT2D eigenvalue weighted by Gasteiger charge is 2.35. The molecule has 1 aromatic rings. The second kappa shape index (κ2) is 5.95. The van der Waals surface area contributed by atoms with E-state index in [1.54, 1.807) is 19.4 Å². The Bertz CT molecular complexity index is 418. The summed E-state index contributed by atoms with van der Waals surface area (Å²) in [5.41, 5.74) is 4.87. The molecule has 1 heterocycles. The Morgan fingerprint density at radius 1 is 1.67 bits per heavy atom. The fourth-order valence-electron chi connectivity index (χ4n) is 1.59. The summed E-state index contributed by atoms with van der Waals surface area (Å²) in [7, 11) is 0. The van der Waals surface area contributed by atoms with E-state index >= 15 is 0 Å². The van der Waals surface area contributed by atoms with E-state index in [9.17, 15) is 4.79 Å². The standard InChI is InChI=1S/C12H20N4OS/c1-4-12(3,10(13)18)11(17)15-9(2)7-16-6-5-14-8-16/h5-6,8-9H,4,7H2,1-3H3,(H2,13,18)(H,15,17). The molecule has 0 saturated heterocycles. The molecule has 0 spiro atoms. The number of nitrogens with two attached hydrogens (primary N) is 1. The molecule has 18 heavy (non-hydrogen) atoms. The van der Waals surface area contributed by atoms with E-state index in [0.29, 0.717) is 13.0 Å². The minimum atomic E-state index is -0.779. The second-order valence-corrected chi connectivity index (χ2v) is 5.12. The zero-order valence-electron chi connectivity index (χ0n) is 11.0. The van der Waals surface area contributed by atoms with Gasteiger partial charge in [0.25, 0.3) is 0 Å². The van der Waals surface area contributed by atoms with Crippen LogP contribution in [0.1, 0.15) is 27.2 Å². The normalized spacial score (nSPS) is 15.7. The predicted molar refractivity (Wildman–Crippen MR) is 75.0 cm³/mol. The maximum atomic E-state index is 12.2. The Kier molecular flexibility index (Phi) is 4.84. The van der Waals surface area contributed by atoms with Gasteiger partial charge in [0.05, 0.1) is 16.7 Å². The minimum Gasteiger partial charge on any atom is -0.392 e. The Labute approximate surface area is 113 Å². The molecular formula is C12H20N4OS. The van der Waals surface area contributed by atoms with E-state index in [1.165, 1.54) is 0 Å². The van der Waals surface area contributed by atoms with Gasteiger partial charge >= 0.3 is 0 Å². The van der Waals surface area contributed by atoms with Crippen LogP contribution in [0.3, 0.4) is 0 Å². The number of imidazole rings is 1. The van der Waals surface area contributed by atoms with Gasteiger partial charge in [-0.25, -0.2) is 4.98 Å². The van der Waals surface area contributed by atoms with Crippen molar-refractivity contribution >= 4 is 23.1 Å². The summed E-state index contributed by atoms with van der Waals surface area (Å²) in [6.07, 6.45) is 5.87. The molecule has 5 nitrogen and oxygen atoms in total. The van der Waals surface area contributed by atoms with Gasteiger partial charge in [0.15, 0.2) is 0 Å². The quantitative estimate of drug-likeness (QED) is 0.758. The average Bonchev–Trinajstić information content (AvgIpc) is 2.79. The average molecular weight is 268 g/mol. The van der Waals surface area contributed by atoms with Gasteiger partial charge in [0.2, 0.25) is 5.91 Å². The van der Waals surface area contributed by atoms with Crippen molar-refractivity contribution in [3.8, 4) is 0 Å². The van der Waals surface area contributed by atoms with Crippen molar-refractivity contribution in [3.63, 3.8) is 0 Å². The number of hydrogen-bond donors (Lipinski definition) is 2. The lowest BCUT2D eigenvalue weighted by atomic mass is 9.86. The third kappa shape index (κ3) is 3.29. The first-order chi connectivity index (χ1) is 8.40. The van der Waals surface area contributed by atoms with Crippen molar-refractivity contribution in [1.29, 1.82) is 0 Å². The molecule has 0 aromatic carbocycles. The first kappa shape index (κ1) is 14.6. The number of hydrogen-bond acceptors (Lipinski definition) is 3. The van der Waals surface area contributed by atoms with Crippen molar-refractivity contribution < 1.29 is 4.79 Å². The molecule has 1 aromatic heterocycles.